The minimum absolute atomic E-state index is 0.0280. The van der Waals surface area contributed by atoms with Crippen molar-refractivity contribution in [2.24, 2.45) is 5.92 Å². The number of halogens is 3. The Balaban J connectivity index is 1.23. The van der Waals surface area contributed by atoms with Crippen molar-refractivity contribution in [3.63, 3.8) is 0 Å². The summed E-state index contributed by atoms with van der Waals surface area (Å²) < 4.78 is 60.3. The average Bonchev–Trinajstić information content (AvgIpc) is 3.77. The summed E-state index contributed by atoms with van der Waals surface area (Å²) in [7, 11) is 1.54. The summed E-state index contributed by atoms with van der Waals surface area (Å²) in [5.74, 6) is 0.840. The van der Waals surface area contributed by atoms with Crippen molar-refractivity contribution in [3.8, 4) is 34.3 Å². The van der Waals surface area contributed by atoms with Gasteiger partial charge in [0.2, 0.25) is 5.88 Å². The van der Waals surface area contributed by atoms with Crippen molar-refractivity contribution in [1.82, 2.24) is 4.98 Å². The van der Waals surface area contributed by atoms with Crippen LogP contribution in [0, 0.1) is 5.92 Å². The molecule has 1 aromatic heterocycles. The highest BCUT2D eigenvalue weighted by Crippen LogP contribution is 2.45. The lowest BCUT2D eigenvalue weighted by atomic mass is 9.91. The topological polar surface area (TPSA) is 87.1 Å². The Morgan fingerprint density at radius 1 is 0.951 bits per heavy atom. The normalized spacial score (nSPS) is 19.7. The second-order valence-electron chi connectivity index (χ2n) is 10.5. The van der Waals surface area contributed by atoms with E-state index in [1.165, 1.54) is 25.3 Å². The summed E-state index contributed by atoms with van der Waals surface area (Å²) in [5.41, 5.74) is 2.11. The number of hydrogen-bond donors (Lipinski definition) is 1. The molecule has 0 saturated heterocycles. The Bertz CT molecular complexity index is 1350. The van der Waals surface area contributed by atoms with Crippen molar-refractivity contribution in [2.75, 3.05) is 7.11 Å². The molecule has 41 heavy (non-hydrogen) atoms. The number of methoxy groups -OCH3 is 1. The van der Waals surface area contributed by atoms with Crippen molar-refractivity contribution in [3.05, 3.63) is 66.4 Å². The first-order valence-electron chi connectivity index (χ1n) is 13.7. The molecule has 1 N–H and O–H groups in total. The zero-order valence-corrected chi connectivity index (χ0v) is 22.6. The summed E-state index contributed by atoms with van der Waals surface area (Å²) in [6.07, 6.45) is 1.78. The van der Waals surface area contributed by atoms with E-state index in [1.54, 1.807) is 30.5 Å². The Morgan fingerprint density at radius 2 is 1.68 bits per heavy atom. The number of nitrogens with zero attached hydrogens (tertiary/aromatic N) is 1. The molecule has 0 aliphatic heterocycles. The van der Waals surface area contributed by atoms with Crippen molar-refractivity contribution >= 4 is 5.97 Å². The predicted molar refractivity (Wildman–Crippen MR) is 144 cm³/mol. The van der Waals surface area contributed by atoms with Gasteiger partial charge in [-0.2, -0.15) is 0 Å². The lowest BCUT2D eigenvalue weighted by molar-refractivity contribution is -0.274. The van der Waals surface area contributed by atoms with E-state index in [0.29, 0.717) is 47.3 Å². The van der Waals surface area contributed by atoms with Crippen molar-refractivity contribution < 1.29 is 42.0 Å². The molecule has 2 aliphatic carbocycles. The third-order valence-corrected chi connectivity index (χ3v) is 7.54. The van der Waals surface area contributed by atoms with Crippen LogP contribution in [-0.4, -0.2) is 41.7 Å². The molecule has 0 bridgehead atoms. The van der Waals surface area contributed by atoms with Crippen LogP contribution in [0.3, 0.4) is 0 Å². The number of alkyl halides is 3. The Kier molecular flexibility index (Phi) is 8.56. The zero-order valence-electron chi connectivity index (χ0n) is 22.6. The monoisotopic (exact) mass is 571 g/mol. The van der Waals surface area contributed by atoms with Gasteiger partial charge in [0.1, 0.15) is 23.4 Å². The maximum absolute atomic E-state index is 12.8. The lowest BCUT2D eigenvalue weighted by Gasteiger charge is -2.30. The standard InChI is InChI=1S/C31H32F3NO6/c1-38-24-11-12-26(20-3-2-4-25(15-20)41-31(32,33)34)28(17-24)39-22-7-9-23(10-8-22)40-29-16-21(13-14-35-29)27(18-30(36)37)19-5-6-19/h2-4,11-17,19,22-23,27H,5-10,18H2,1H3,(H,36,37). The fourth-order valence-corrected chi connectivity index (χ4v) is 5.41. The number of rotatable bonds is 11. The van der Waals surface area contributed by atoms with Gasteiger partial charge in [0, 0.05) is 23.9 Å². The van der Waals surface area contributed by atoms with Crippen molar-refractivity contribution in [1.29, 1.82) is 0 Å². The maximum atomic E-state index is 12.8. The van der Waals surface area contributed by atoms with Crippen LogP contribution in [-0.2, 0) is 4.79 Å². The van der Waals surface area contributed by atoms with E-state index >= 15 is 0 Å². The quantitative estimate of drug-likeness (QED) is 0.257. The molecule has 0 radical (unpaired) electrons. The summed E-state index contributed by atoms with van der Waals surface area (Å²) >= 11 is 0. The largest absolute Gasteiger partial charge is 0.573 e. The molecule has 0 spiro atoms. The number of carboxylic acid groups (broad SMARTS) is 1. The van der Waals surface area contributed by atoms with Gasteiger partial charge in [-0.15, -0.1) is 13.2 Å². The molecule has 2 fully saturated rings. The molecule has 10 heteroatoms. The molecule has 7 nitrogen and oxygen atoms in total. The first kappa shape index (κ1) is 28.6. The van der Waals surface area contributed by atoms with Gasteiger partial charge in [0.25, 0.3) is 0 Å². The highest BCUT2D eigenvalue weighted by molar-refractivity contribution is 5.72. The van der Waals surface area contributed by atoms with Crippen LogP contribution in [0.2, 0.25) is 0 Å². The first-order valence-corrected chi connectivity index (χ1v) is 13.7. The number of ether oxygens (including phenoxy) is 4. The van der Waals surface area contributed by atoms with Gasteiger partial charge < -0.3 is 24.1 Å². The summed E-state index contributed by atoms with van der Waals surface area (Å²) in [6.45, 7) is 0. The van der Waals surface area contributed by atoms with E-state index in [0.717, 1.165) is 31.2 Å². The van der Waals surface area contributed by atoms with Gasteiger partial charge in [-0.25, -0.2) is 4.98 Å². The number of aromatic nitrogens is 1. The number of carbonyl (C=O) groups is 1. The van der Waals surface area contributed by atoms with Gasteiger partial charge in [-0.3, -0.25) is 4.79 Å². The number of benzene rings is 2. The summed E-state index contributed by atoms with van der Waals surface area (Å²) in [6, 6.07) is 14.8. The average molecular weight is 572 g/mol. The SMILES string of the molecule is COc1ccc(-c2cccc(OC(F)(F)F)c2)c(OC2CCC(Oc3cc(C(CC(=O)O)C4CC4)ccn3)CC2)c1. The van der Waals surface area contributed by atoms with Gasteiger partial charge in [-0.05, 0) is 91.8 Å². The van der Waals surface area contributed by atoms with E-state index in [-0.39, 0.29) is 30.3 Å². The van der Waals surface area contributed by atoms with Crippen LogP contribution in [0.5, 0.6) is 23.1 Å². The Labute approximate surface area is 236 Å². The minimum atomic E-state index is -4.78. The number of aliphatic carboxylic acids is 1. The van der Waals surface area contributed by atoms with E-state index in [4.69, 9.17) is 14.2 Å². The highest BCUT2D eigenvalue weighted by Gasteiger charge is 2.34. The van der Waals surface area contributed by atoms with Crippen LogP contribution in [0.15, 0.2) is 60.8 Å². The smallest absolute Gasteiger partial charge is 0.497 e. The summed E-state index contributed by atoms with van der Waals surface area (Å²) in [5, 5.41) is 9.33. The lowest BCUT2D eigenvalue weighted by Crippen LogP contribution is -2.30. The fourth-order valence-electron chi connectivity index (χ4n) is 5.41. The van der Waals surface area contributed by atoms with Crippen LogP contribution in [0.25, 0.3) is 11.1 Å². The molecule has 0 amide bonds. The van der Waals surface area contributed by atoms with Crippen LogP contribution >= 0.6 is 0 Å². The Hall–Kier alpha value is -3.95. The second kappa shape index (κ2) is 12.3. The third kappa shape index (κ3) is 7.83. The van der Waals surface area contributed by atoms with Crippen LogP contribution < -0.4 is 18.9 Å². The maximum Gasteiger partial charge on any atom is 0.573 e. The van der Waals surface area contributed by atoms with E-state index in [2.05, 4.69) is 9.72 Å². The Morgan fingerprint density at radius 3 is 2.34 bits per heavy atom. The van der Waals surface area contributed by atoms with E-state index in [1.807, 2.05) is 12.1 Å². The molecule has 1 atom stereocenters. The van der Waals surface area contributed by atoms with Gasteiger partial charge >= 0.3 is 12.3 Å². The summed E-state index contributed by atoms with van der Waals surface area (Å²) in [4.78, 5) is 15.7. The third-order valence-electron chi connectivity index (χ3n) is 7.54. The van der Waals surface area contributed by atoms with Crippen molar-refractivity contribution in [2.45, 2.75) is 69.4 Å². The molecule has 3 aromatic rings. The molecule has 5 rings (SSSR count). The van der Waals surface area contributed by atoms with E-state index in [9.17, 15) is 23.1 Å². The van der Waals surface area contributed by atoms with Gasteiger partial charge in [0.15, 0.2) is 0 Å². The van der Waals surface area contributed by atoms with Gasteiger partial charge in [0.05, 0.1) is 19.6 Å². The van der Waals surface area contributed by atoms with E-state index < -0.39 is 12.3 Å². The molecule has 218 valence electrons. The minimum Gasteiger partial charge on any atom is -0.497 e. The molecule has 2 aliphatic rings. The highest BCUT2D eigenvalue weighted by atomic mass is 19.4. The number of hydrogen-bond acceptors (Lipinski definition) is 6. The molecule has 1 unspecified atom stereocenters. The number of pyridine rings is 1. The number of carboxylic acids is 1. The predicted octanol–water partition coefficient (Wildman–Crippen LogP) is 7.39. The molecule has 2 aromatic carbocycles. The zero-order chi connectivity index (χ0) is 29.0. The molecule has 2 saturated carbocycles. The molecular weight excluding hydrogens is 539 g/mol. The van der Waals surface area contributed by atoms with Gasteiger partial charge in [-0.1, -0.05) is 12.1 Å². The molecular formula is C31H32F3NO6. The first-order chi connectivity index (χ1) is 19.7. The molecule has 1 heterocycles. The van der Waals surface area contributed by atoms with Crippen LogP contribution in [0.4, 0.5) is 13.2 Å². The van der Waals surface area contributed by atoms with Crippen LogP contribution in [0.1, 0.15) is 56.4 Å². The fraction of sp³-hybridized carbons (Fsp3) is 0.419. The second-order valence-corrected chi connectivity index (χ2v) is 10.5.